The number of nitrogens with two attached hydrogens (primary N) is 1. The third-order valence-corrected chi connectivity index (χ3v) is 4.05. The van der Waals surface area contributed by atoms with E-state index in [-0.39, 0.29) is 16.2 Å². The fourth-order valence-electron chi connectivity index (χ4n) is 2.62. The van der Waals surface area contributed by atoms with E-state index in [1.807, 2.05) is 14.1 Å². The van der Waals surface area contributed by atoms with E-state index in [1.165, 1.54) is 12.1 Å². The predicted octanol–water partition coefficient (Wildman–Crippen LogP) is 2.13. The molecule has 1 aromatic carbocycles. The lowest BCUT2D eigenvalue weighted by Crippen LogP contribution is -2.42. The van der Waals surface area contributed by atoms with Gasteiger partial charge in [-0.3, -0.25) is 0 Å². The first kappa shape index (κ1) is 15.1. The molecular formula is C14H19F2N3S. The molecule has 1 heterocycles. The molecule has 0 bridgehead atoms. The van der Waals surface area contributed by atoms with Gasteiger partial charge in [-0.25, -0.2) is 8.78 Å². The number of halogens is 2. The summed E-state index contributed by atoms with van der Waals surface area (Å²) in [7, 11) is 4.05. The number of benzene rings is 1. The summed E-state index contributed by atoms with van der Waals surface area (Å²) >= 11 is 4.75. The molecule has 2 N–H and O–H groups in total. The Morgan fingerprint density at radius 3 is 2.15 bits per heavy atom. The van der Waals surface area contributed by atoms with Crippen LogP contribution in [0, 0.1) is 11.6 Å². The third kappa shape index (κ3) is 3.07. The molecule has 6 heteroatoms. The highest BCUT2D eigenvalue weighted by Gasteiger charge is 2.25. The molecule has 0 aromatic heterocycles. The van der Waals surface area contributed by atoms with Gasteiger partial charge in [-0.2, -0.15) is 0 Å². The van der Waals surface area contributed by atoms with Crippen molar-refractivity contribution in [3.05, 3.63) is 29.3 Å². The van der Waals surface area contributed by atoms with Gasteiger partial charge in [0.1, 0.15) is 22.3 Å². The van der Waals surface area contributed by atoms with Gasteiger partial charge in [-0.1, -0.05) is 12.2 Å². The van der Waals surface area contributed by atoms with E-state index in [0.717, 1.165) is 12.8 Å². The van der Waals surface area contributed by atoms with Crippen LogP contribution in [0.15, 0.2) is 12.1 Å². The first-order valence-electron chi connectivity index (χ1n) is 6.60. The first-order valence-corrected chi connectivity index (χ1v) is 7.01. The van der Waals surface area contributed by atoms with Crippen LogP contribution < -0.4 is 10.6 Å². The topological polar surface area (TPSA) is 32.5 Å². The van der Waals surface area contributed by atoms with Crippen LogP contribution in [0.3, 0.4) is 0 Å². The maximum Gasteiger partial charge on any atom is 0.150 e. The minimum atomic E-state index is -0.601. The monoisotopic (exact) mass is 299 g/mol. The molecule has 0 unspecified atom stereocenters. The van der Waals surface area contributed by atoms with E-state index < -0.39 is 11.6 Å². The molecular weight excluding hydrogens is 280 g/mol. The smallest absolute Gasteiger partial charge is 0.150 e. The normalized spacial score (nSPS) is 16.8. The summed E-state index contributed by atoms with van der Waals surface area (Å²) in [6, 6.07) is 2.88. The Kier molecular flexibility index (Phi) is 4.55. The van der Waals surface area contributed by atoms with Crippen LogP contribution in [-0.4, -0.2) is 43.1 Å². The average molecular weight is 299 g/mol. The van der Waals surface area contributed by atoms with Gasteiger partial charge in [0.25, 0.3) is 0 Å². The van der Waals surface area contributed by atoms with Crippen molar-refractivity contribution in [2.45, 2.75) is 18.9 Å². The summed E-state index contributed by atoms with van der Waals surface area (Å²) in [4.78, 5) is 3.91. The van der Waals surface area contributed by atoms with Crippen LogP contribution in [0.5, 0.6) is 0 Å². The van der Waals surface area contributed by atoms with Crippen LogP contribution in [0.25, 0.3) is 0 Å². The van der Waals surface area contributed by atoms with Gasteiger partial charge in [-0.15, -0.1) is 0 Å². The van der Waals surface area contributed by atoms with Gasteiger partial charge in [0.2, 0.25) is 0 Å². The molecule has 110 valence electrons. The Labute approximate surface area is 123 Å². The summed E-state index contributed by atoms with van der Waals surface area (Å²) in [5, 5.41) is 0. The third-order valence-electron chi connectivity index (χ3n) is 3.81. The number of hydrogen-bond acceptors (Lipinski definition) is 3. The van der Waals surface area contributed by atoms with Gasteiger partial charge in [0, 0.05) is 24.7 Å². The Balaban J connectivity index is 2.20. The standard InChI is InChI=1S/C14H19F2N3S/c1-18(2)10-3-5-19(6-4-10)13-11(15)7-9(14(17)20)8-12(13)16/h7-8,10H,3-6H2,1-2H3,(H2,17,20). The lowest BCUT2D eigenvalue weighted by Gasteiger charge is -2.36. The molecule has 0 amide bonds. The Morgan fingerprint density at radius 1 is 1.25 bits per heavy atom. The van der Waals surface area contributed by atoms with Crippen molar-refractivity contribution in [2.75, 3.05) is 32.1 Å². The first-order chi connectivity index (χ1) is 9.40. The van der Waals surface area contributed by atoms with Crippen molar-refractivity contribution >= 4 is 22.9 Å². The van der Waals surface area contributed by atoms with E-state index in [1.54, 1.807) is 4.90 Å². The molecule has 20 heavy (non-hydrogen) atoms. The van der Waals surface area contributed by atoms with Crippen molar-refractivity contribution in [1.82, 2.24) is 4.90 Å². The summed E-state index contributed by atoms with van der Waals surface area (Å²) in [6.45, 7) is 1.28. The van der Waals surface area contributed by atoms with Crippen molar-refractivity contribution in [1.29, 1.82) is 0 Å². The van der Waals surface area contributed by atoms with E-state index in [9.17, 15) is 8.78 Å². The van der Waals surface area contributed by atoms with Gasteiger partial charge >= 0.3 is 0 Å². The Bertz CT molecular complexity index is 488. The fraction of sp³-hybridized carbons (Fsp3) is 0.500. The van der Waals surface area contributed by atoms with Crippen LogP contribution in [0.1, 0.15) is 18.4 Å². The summed E-state index contributed by atoms with van der Waals surface area (Å²) in [5.41, 5.74) is 5.66. The molecule has 0 atom stereocenters. The van der Waals surface area contributed by atoms with Crippen LogP contribution in [0.2, 0.25) is 0 Å². The van der Waals surface area contributed by atoms with Gasteiger partial charge in [-0.05, 0) is 39.1 Å². The van der Waals surface area contributed by atoms with E-state index in [2.05, 4.69) is 4.90 Å². The second-order valence-corrected chi connectivity index (χ2v) is 5.77. The summed E-state index contributed by atoms with van der Waals surface area (Å²) < 4.78 is 28.2. The van der Waals surface area contributed by atoms with Crippen LogP contribution >= 0.6 is 12.2 Å². The molecule has 0 saturated carbocycles. The summed E-state index contributed by atoms with van der Waals surface area (Å²) in [6.07, 6.45) is 1.78. The fourth-order valence-corrected chi connectivity index (χ4v) is 2.73. The average Bonchev–Trinajstić information content (AvgIpc) is 2.38. The van der Waals surface area contributed by atoms with Crippen LogP contribution in [-0.2, 0) is 0 Å². The molecule has 2 rings (SSSR count). The van der Waals surface area contributed by atoms with E-state index >= 15 is 0 Å². The quantitative estimate of drug-likeness (QED) is 0.867. The largest absolute Gasteiger partial charge is 0.389 e. The van der Waals surface area contributed by atoms with Gasteiger partial charge in [0.05, 0.1) is 0 Å². The van der Waals surface area contributed by atoms with Crippen LogP contribution in [0.4, 0.5) is 14.5 Å². The lowest BCUT2D eigenvalue weighted by atomic mass is 10.0. The number of thiocarbonyl (C=S) groups is 1. The Hall–Kier alpha value is -1.27. The highest BCUT2D eigenvalue weighted by Crippen LogP contribution is 2.28. The van der Waals surface area contributed by atoms with Gasteiger partial charge < -0.3 is 15.5 Å². The molecule has 0 radical (unpaired) electrons. The number of anilines is 1. The molecule has 1 fully saturated rings. The van der Waals surface area contributed by atoms with Gasteiger partial charge in [0.15, 0.2) is 0 Å². The van der Waals surface area contributed by atoms with Crippen molar-refractivity contribution < 1.29 is 8.78 Å². The van der Waals surface area contributed by atoms with Crippen molar-refractivity contribution in [3.63, 3.8) is 0 Å². The van der Waals surface area contributed by atoms with E-state index in [4.69, 9.17) is 18.0 Å². The second-order valence-electron chi connectivity index (χ2n) is 5.33. The molecule has 0 aliphatic carbocycles. The predicted molar refractivity (Wildman–Crippen MR) is 81.2 cm³/mol. The zero-order valence-electron chi connectivity index (χ0n) is 11.7. The maximum absolute atomic E-state index is 14.1. The number of nitrogens with zero attached hydrogens (tertiary/aromatic N) is 2. The van der Waals surface area contributed by atoms with Crippen molar-refractivity contribution in [3.8, 4) is 0 Å². The molecule has 3 nitrogen and oxygen atoms in total. The molecule has 1 aliphatic heterocycles. The molecule has 1 aromatic rings. The zero-order valence-corrected chi connectivity index (χ0v) is 12.5. The number of hydrogen-bond donors (Lipinski definition) is 1. The van der Waals surface area contributed by atoms with Crippen molar-refractivity contribution in [2.24, 2.45) is 5.73 Å². The highest BCUT2D eigenvalue weighted by molar-refractivity contribution is 7.80. The lowest BCUT2D eigenvalue weighted by molar-refractivity contribution is 0.249. The van der Waals surface area contributed by atoms with E-state index in [0.29, 0.717) is 19.1 Å². The minimum Gasteiger partial charge on any atom is -0.389 e. The maximum atomic E-state index is 14.1. The molecule has 0 spiro atoms. The zero-order chi connectivity index (χ0) is 14.9. The molecule has 1 aliphatic rings. The Morgan fingerprint density at radius 2 is 1.75 bits per heavy atom. The SMILES string of the molecule is CN(C)C1CCN(c2c(F)cc(C(N)=S)cc2F)CC1. The molecule has 1 saturated heterocycles. The minimum absolute atomic E-state index is 0.000617. The number of piperidine rings is 1. The highest BCUT2D eigenvalue weighted by atomic mass is 32.1. The number of rotatable bonds is 3. The second kappa shape index (κ2) is 6.01. The summed E-state index contributed by atoms with van der Waals surface area (Å²) in [5.74, 6) is -1.20.